The molecule has 0 saturated carbocycles. The van der Waals surface area contributed by atoms with Gasteiger partial charge in [-0.25, -0.2) is 0 Å². The van der Waals surface area contributed by atoms with E-state index < -0.39 is 0 Å². The van der Waals surface area contributed by atoms with E-state index in [1.54, 1.807) is 24.3 Å². The molecule has 9 heteroatoms. The maximum absolute atomic E-state index is 12.1. The number of nitrogens with zero attached hydrogens (tertiary/aromatic N) is 2. The Morgan fingerprint density at radius 1 is 1.42 bits per heavy atom. The molecule has 1 amide bonds. The molecule has 0 spiro atoms. The van der Waals surface area contributed by atoms with E-state index in [0.29, 0.717) is 29.9 Å². The van der Waals surface area contributed by atoms with Gasteiger partial charge in [0.1, 0.15) is 6.04 Å². The fraction of sp³-hybridized carbons (Fsp3) is 0.400. The number of hydrogen-bond acceptors (Lipinski definition) is 6. The number of hydrogen-bond donors (Lipinski definition) is 2. The fourth-order valence-electron chi connectivity index (χ4n) is 2.34. The van der Waals surface area contributed by atoms with Crippen LogP contribution in [0.25, 0.3) is 11.4 Å². The van der Waals surface area contributed by atoms with Gasteiger partial charge in [-0.05, 0) is 31.2 Å². The summed E-state index contributed by atoms with van der Waals surface area (Å²) in [5.41, 5.74) is 0.798. The van der Waals surface area contributed by atoms with Crippen LogP contribution >= 0.6 is 24.0 Å². The van der Waals surface area contributed by atoms with Crippen molar-refractivity contribution in [3.8, 4) is 11.4 Å². The van der Waals surface area contributed by atoms with Crippen molar-refractivity contribution in [1.29, 1.82) is 0 Å². The van der Waals surface area contributed by atoms with E-state index in [1.807, 2.05) is 6.92 Å². The Bertz CT molecular complexity index is 678. The highest BCUT2D eigenvalue weighted by molar-refractivity contribution is 6.30. The van der Waals surface area contributed by atoms with Gasteiger partial charge in [0.2, 0.25) is 17.6 Å². The first-order valence-electron chi connectivity index (χ1n) is 7.35. The Morgan fingerprint density at radius 3 is 2.88 bits per heavy atom. The number of carbonyl (C=O) groups excluding carboxylic acids is 1. The molecular weight excluding hydrogens is 355 g/mol. The summed E-state index contributed by atoms with van der Waals surface area (Å²) < 4.78 is 10.6. The minimum atomic E-state index is -0.373. The zero-order valence-electron chi connectivity index (χ0n) is 13.0. The number of aromatic nitrogens is 2. The third-order valence-corrected chi connectivity index (χ3v) is 3.84. The predicted molar refractivity (Wildman–Crippen MR) is 91.0 cm³/mol. The van der Waals surface area contributed by atoms with Crippen LogP contribution in [0.2, 0.25) is 5.02 Å². The van der Waals surface area contributed by atoms with Gasteiger partial charge in [-0.15, -0.1) is 12.4 Å². The quantitative estimate of drug-likeness (QED) is 0.850. The Labute approximate surface area is 150 Å². The highest BCUT2D eigenvalue weighted by Gasteiger charge is 2.28. The van der Waals surface area contributed by atoms with Crippen molar-refractivity contribution in [3.63, 3.8) is 0 Å². The molecule has 0 aliphatic carbocycles. The Hall–Kier alpha value is -1.67. The van der Waals surface area contributed by atoms with Gasteiger partial charge >= 0.3 is 0 Å². The average Bonchev–Trinajstić information content (AvgIpc) is 3.03. The maximum Gasteiger partial charge on any atom is 0.246 e. The van der Waals surface area contributed by atoms with E-state index >= 15 is 0 Å². The van der Waals surface area contributed by atoms with Crippen LogP contribution in [0.1, 0.15) is 12.8 Å². The topological polar surface area (TPSA) is 89.3 Å². The maximum atomic E-state index is 12.1. The second kappa shape index (κ2) is 8.43. The van der Waals surface area contributed by atoms with Gasteiger partial charge in [-0.1, -0.05) is 16.8 Å². The average molecular weight is 373 g/mol. The second-order valence-corrected chi connectivity index (χ2v) is 5.68. The number of rotatable bonds is 4. The molecule has 24 heavy (non-hydrogen) atoms. The zero-order valence-corrected chi connectivity index (χ0v) is 14.6. The smallest absolute Gasteiger partial charge is 0.246 e. The van der Waals surface area contributed by atoms with Crippen molar-refractivity contribution in [2.75, 3.05) is 13.2 Å². The van der Waals surface area contributed by atoms with Crippen LogP contribution < -0.4 is 10.6 Å². The number of ether oxygens (including phenoxy) is 1. The first-order chi connectivity index (χ1) is 11.1. The molecule has 7 nitrogen and oxygen atoms in total. The Kier molecular flexibility index (Phi) is 6.56. The lowest BCUT2D eigenvalue weighted by Crippen LogP contribution is -2.55. The summed E-state index contributed by atoms with van der Waals surface area (Å²) in [4.78, 5) is 16.4. The standard InChI is InChI=1S/C15H17ClN4O3.ClH/c1-9-13(17-6-7-22-9)15(21)18-8-12-19-14(20-23-12)10-2-4-11(16)5-3-10;/h2-5,9,13,17H,6-8H2,1H3,(H,18,21);1H/t9-,13+;/m1./s1. The van der Waals surface area contributed by atoms with E-state index in [1.165, 1.54) is 0 Å². The molecule has 2 aromatic rings. The molecule has 1 fully saturated rings. The fourth-order valence-corrected chi connectivity index (χ4v) is 2.47. The summed E-state index contributed by atoms with van der Waals surface area (Å²) in [6.07, 6.45) is -0.170. The summed E-state index contributed by atoms with van der Waals surface area (Å²) in [5.74, 6) is 0.648. The molecule has 0 bridgehead atoms. The normalized spacial score (nSPS) is 20.2. The minimum Gasteiger partial charge on any atom is -0.375 e. The summed E-state index contributed by atoms with van der Waals surface area (Å²) >= 11 is 5.85. The van der Waals surface area contributed by atoms with Crippen molar-refractivity contribution >= 4 is 29.9 Å². The number of amides is 1. The van der Waals surface area contributed by atoms with Crippen LogP contribution in [-0.4, -0.2) is 41.3 Å². The SMILES string of the molecule is C[C@H]1OCCN[C@@H]1C(=O)NCc1nc(-c2ccc(Cl)cc2)no1.Cl. The summed E-state index contributed by atoms with van der Waals surface area (Å²) in [5, 5.41) is 10.4. The molecule has 1 aliphatic heterocycles. The molecule has 0 unspecified atom stereocenters. The molecule has 3 rings (SSSR count). The van der Waals surface area contributed by atoms with Crippen LogP contribution in [0, 0.1) is 0 Å². The van der Waals surface area contributed by atoms with Gasteiger partial charge in [0.15, 0.2) is 0 Å². The van der Waals surface area contributed by atoms with E-state index in [-0.39, 0.29) is 37.0 Å². The Morgan fingerprint density at radius 2 is 2.17 bits per heavy atom. The van der Waals surface area contributed by atoms with Crippen LogP contribution in [-0.2, 0) is 16.1 Å². The lowest BCUT2D eigenvalue weighted by atomic mass is 10.1. The highest BCUT2D eigenvalue weighted by atomic mass is 35.5. The number of benzene rings is 1. The van der Waals surface area contributed by atoms with Gasteiger partial charge in [-0.3, -0.25) is 4.79 Å². The van der Waals surface area contributed by atoms with Crippen molar-refractivity contribution in [2.45, 2.75) is 25.6 Å². The molecule has 1 saturated heterocycles. The summed E-state index contributed by atoms with van der Waals surface area (Å²) in [7, 11) is 0. The molecule has 1 aliphatic rings. The van der Waals surface area contributed by atoms with Gasteiger partial charge in [-0.2, -0.15) is 4.98 Å². The molecule has 2 atom stereocenters. The summed E-state index contributed by atoms with van der Waals surface area (Å²) in [6.45, 7) is 3.30. The van der Waals surface area contributed by atoms with Gasteiger partial charge in [0.25, 0.3) is 0 Å². The first-order valence-corrected chi connectivity index (χ1v) is 7.72. The van der Waals surface area contributed by atoms with E-state index in [9.17, 15) is 4.79 Å². The molecular formula is C15H18Cl2N4O3. The van der Waals surface area contributed by atoms with Crippen LogP contribution in [0.4, 0.5) is 0 Å². The third-order valence-electron chi connectivity index (χ3n) is 3.58. The van der Waals surface area contributed by atoms with Gasteiger partial charge in [0, 0.05) is 17.1 Å². The molecule has 0 radical (unpaired) electrons. The van der Waals surface area contributed by atoms with Crippen molar-refractivity contribution in [3.05, 3.63) is 35.2 Å². The molecule has 2 heterocycles. The van der Waals surface area contributed by atoms with Gasteiger partial charge < -0.3 is 19.9 Å². The number of carbonyl (C=O) groups is 1. The van der Waals surface area contributed by atoms with Crippen molar-refractivity contribution in [1.82, 2.24) is 20.8 Å². The van der Waals surface area contributed by atoms with Crippen molar-refractivity contribution in [2.24, 2.45) is 0 Å². The lowest BCUT2D eigenvalue weighted by molar-refractivity contribution is -0.129. The van der Waals surface area contributed by atoms with Crippen LogP contribution in [0.15, 0.2) is 28.8 Å². The third kappa shape index (κ3) is 4.45. The largest absolute Gasteiger partial charge is 0.375 e. The second-order valence-electron chi connectivity index (χ2n) is 5.24. The van der Waals surface area contributed by atoms with Crippen LogP contribution in [0.5, 0.6) is 0 Å². The number of nitrogens with one attached hydrogen (secondary N) is 2. The van der Waals surface area contributed by atoms with Gasteiger partial charge in [0.05, 0.1) is 19.3 Å². The Balaban J connectivity index is 0.00000208. The van der Waals surface area contributed by atoms with Crippen molar-refractivity contribution < 1.29 is 14.1 Å². The summed E-state index contributed by atoms with van der Waals surface area (Å²) in [6, 6.07) is 6.75. The van der Waals surface area contributed by atoms with E-state index in [0.717, 1.165) is 5.56 Å². The van der Waals surface area contributed by atoms with E-state index in [2.05, 4.69) is 20.8 Å². The van der Waals surface area contributed by atoms with E-state index in [4.69, 9.17) is 20.9 Å². The first kappa shape index (κ1) is 18.7. The zero-order chi connectivity index (χ0) is 16.2. The molecule has 1 aromatic heterocycles. The monoisotopic (exact) mass is 372 g/mol. The number of halogens is 2. The highest BCUT2D eigenvalue weighted by Crippen LogP contribution is 2.18. The number of morpholine rings is 1. The minimum absolute atomic E-state index is 0. The predicted octanol–water partition coefficient (Wildman–Crippen LogP) is 1.80. The van der Waals surface area contributed by atoms with Crippen LogP contribution in [0.3, 0.4) is 0 Å². The molecule has 2 N–H and O–H groups in total. The molecule has 1 aromatic carbocycles. The molecule has 130 valence electrons. The lowest BCUT2D eigenvalue weighted by Gasteiger charge is -2.29.